The van der Waals surface area contributed by atoms with Gasteiger partial charge in [-0.3, -0.25) is 9.80 Å². The molecule has 0 aromatic rings. The summed E-state index contributed by atoms with van der Waals surface area (Å²) < 4.78 is 0. The second-order valence-electron chi connectivity index (χ2n) is 6.25. The predicted octanol–water partition coefficient (Wildman–Crippen LogP) is 0.750. The number of hydrogen-bond acceptors (Lipinski definition) is 4. The van der Waals surface area contributed by atoms with Crippen molar-refractivity contribution in [3.05, 3.63) is 0 Å². The maximum atomic E-state index is 9.01. The number of rotatable bonds is 5. The summed E-state index contributed by atoms with van der Waals surface area (Å²) in [6.07, 6.45) is 5.35. The summed E-state index contributed by atoms with van der Waals surface area (Å²) in [5, 5.41) is 9.01. The lowest BCUT2D eigenvalue weighted by molar-refractivity contribution is 0.0323. The van der Waals surface area contributed by atoms with E-state index in [1.165, 1.54) is 25.7 Å². The van der Waals surface area contributed by atoms with Gasteiger partial charge >= 0.3 is 0 Å². The minimum absolute atomic E-state index is 0.284. The molecular formula is C15H31N3O. The zero-order valence-electron chi connectivity index (χ0n) is 12.4. The molecule has 1 saturated heterocycles. The molecule has 0 amide bonds. The highest BCUT2D eigenvalue weighted by atomic mass is 16.3. The number of nitrogens with zero attached hydrogens (tertiary/aromatic N) is 2. The topological polar surface area (TPSA) is 52.7 Å². The summed E-state index contributed by atoms with van der Waals surface area (Å²) in [6, 6.07) is 0.708. The first kappa shape index (κ1) is 15.2. The van der Waals surface area contributed by atoms with Crippen LogP contribution in [-0.4, -0.2) is 66.8 Å². The van der Waals surface area contributed by atoms with Crippen molar-refractivity contribution >= 4 is 0 Å². The van der Waals surface area contributed by atoms with Crippen molar-refractivity contribution in [2.24, 2.45) is 17.6 Å². The Kier molecular flexibility index (Phi) is 6.07. The molecule has 3 unspecified atom stereocenters. The van der Waals surface area contributed by atoms with E-state index in [0.717, 1.165) is 45.2 Å². The molecule has 2 rings (SSSR count). The Hall–Kier alpha value is -0.160. The van der Waals surface area contributed by atoms with Crippen LogP contribution in [-0.2, 0) is 0 Å². The molecule has 3 atom stereocenters. The van der Waals surface area contributed by atoms with Gasteiger partial charge in [0.25, 0.3) is 0 Å². The van der Waals surface area contributed by atoms with Gasteiger partial charge < -0.3 is 10.8 Å². The van der Waals surface area contributed by atoms with Gasteiger partial charge in [-0.1, -0.05) is 19.8 Å². The van der Waals surface area contributed by atoms with Crippen molar-refractivity contribution in [3.63, 3.8) is 0 Å². The lowest BCUT2D eigenvalue weighted by Gasteiger charge is -2.45. The van der Waals surface area contributed by atoms with Gasteiger partial charge in [0.1, 0.15) is 0 Å². The number of nitrogens with two attached hydrogens (primary N) is 1. The zero-order valence-corrected chi connectivity index (χ0v) is 12.4. The number of piperazine rings is 1. The molecule has 4 heteroatoms. The third-order valence-electron chi connectivity index (χ3n) is 5.24. The molecular weight excluding hydrogens is 238 g/mol. The smallest absolute Gasteiger partial charge is 0.0558 e. The quantitative estimate of drug-likeness (QED) is 0.773. The first-order chi connectivity index (χ1) is 9.28. The van der Waals surface area contributed by atoms with Crippen molar-refractivity contribution < 1.29 is 5.11 Å². The lowest BCUT2D eigenvalue weighted by Crippen LogP contribution is -2.55. The minimum Gasteiger partial charge on any atom is -0.395 e. The Labute approximate surface area is 117 Å². The summed E-state index contributed by atoms with van der Waals surface area (Å²) >= 11 is 0. The van der Waals surface area contributed by atoms with Crippen LogP contribution in [0.3, 0.4) is 0 Å². The molecule has 1 saturated carbocycles. The van der Waals surface area contributed by atoms with Gasteiger partial charge in [-0.15, -0.1) is 0 Å². The van der Waals surface area contributed by atoms with E-state index in [2.05, 4.69) is 16.7 Å². The van der Waals surface area contributed by atoms with E-state index in [-0.39, 0.29) is 6.61 Å². The summed E-state index contributed by atoms with van der Waals surface area (Å²) in [5.41, 5.74) is 5.99. The van der Waals surface area contributed by atoms with Gasteiger partial charge in [0.15, 0.2) is 0 Å². The van der Waals surface area contributed by atoms with Crippen molar-refractivity contribution in [1.29, 1.82) is 0 Å². The Balaban J connectivity index is 1.88. The van der Waals surface area contributed by atoms with E-state index in [0.29, 0.717) is 12.0 Å². The maximum Gasteiger partial charge on any atom is 0.0558 e. The second kappa shape index (κ2) is 7.58. The average Bonchev–Trinajstić information content (AvgIpc) is 2.47. The van der Waals surface area contributed by atoms with Gasteiger partial charge in [0.2, 0.25) is 0 Å². The molecule has 4 nitrogen and oxygen atoms in total. The van der Waals surface area contributed by atoms with Crippen LogP contribution in [0.4, 0.5) is 0 Å². The molecule has 1 aliphatic heterocycles. The van der Waals surface area contributed by atoms with Crippen LogP contribution in [0.2, 0.25) is 0 Å². The normalized spacial score (nSPS) is 34.6. The van der Waals surface area contributed by atoms with Gasteiger partial charge in [0, 0.05) is 38.8 Å². The second-order valence-corrected chi connectivity index (χ2v) is 6.25. The lowest BCUT2D eigenvalue weighted by atomic mass is 9.76. The van der Waals surface area contributed by atoms with Crippen LogP contribution < -0.4 is 5.73 Å². The molecule has 2 fully saturated rings. The van der Waals surface area contributed by atoms with Crippen molar-refractivity contribution in [1.82, 2.24) is 9.80 Å². The van der Waals surface area contributed by atoms with Crippen LogP contribution in [0.5, 0.6) is 0 Å². The highest BCUT2D eigenvalue weighted by molar-refractivity contribution is 4.89. The number of β-amino-alcohol motifs (C(OH)–C–C–N with tert-alkyl or cyclic N) is 1. The molecule has 112 valence electrons. The first-order valence-electron chi connectivity index (χ1n) is 8.05. The van der Waals surface area contributed by atoms with E-state index in [1.807, 2.05) is 0 Å². The fourth-order valence-electron chi connectivity index (χ4n) is 3.85. The Morgan fingerprint density at radius 2 is 1.89 bits per heavy atom. The molecule has 1 heterocycles. The highest BCUT2D eigenvalue weighted by Crippen LogP contribution is 2.33. The number of aliphatic hydroxyl groups excluding tert-OH is 1. The summed E-state index contributed by atoms with van der Waals surface area (Å²) in [4.78, 5) is 5.04. The molecule has 0 radical (unpaired) electrons. The average molecular weight is 269 g/mol. The molecule has 0 bridgehead atoms. The summed E-state index contributed by atoms with van der Waals surface area (Å²) in [5.74, 6) is 1.61. The molecule has 19 heavy (non-hydrogen) atoms. The molecule has 0 spiro atoms. The van der Waals surface area contributed by atoms with Crippen molar-refractivity contribution in [3.8, 4) is 0 Å². The maximum absolute atomic E-state index is 9.01. The monoisotopic (exact) mass is 269 g/mol. The van der Waals surface area contributed by atoms with E-state index in [4.69, 9.17) is 10.8 Å². The third kappa shape index (κ3) is 3.91. The van der Waals surface area contributed by atoms with Crippen LogP contribution in [0.25, 0.3) is 0 Å². The number of hydrogen-bond donors (Lipinski definition) is 2. The molecule has 0 aromatic carbocycles. The molecule has 2 aliphatic rings. The van der Waals surface area contributed by atoms with E-state index < -0.39 is 0 Å². The minimum atomic E-state index is 0.284. The third-order valence-corrected chi connectivity index (χ3v) is 5.24. The first-order valence-corrected chi connectivity index (χ1v) is 8.05. The van der Waals surface area contributed by atoms with Gasteiger partial charge in [-0.25, -0.2) is 0 Å². The van der Waals surface area contributed by atoms with Crippen LogP contribution in [0, 0.1) is 11.8 Å². The highest BCUT2D eigenvalue weighted by Gasteiger charge is 2.34. The summed E-state index contributed by atoms with van der Waals surface area (Å²) in [7, 11) is 0. The van der Waals surface area contributed by atoms with Gasteiger partial charge in [-0.05, 0) is 31.2 Å². The predicted molar refractivity (Wildman–Crippen MR) is 79.1 cm³/mol. The fourth-order valence-corrected chi connectivity index (χ4v) is 3.85. The van der Waals surface area contributed by atoms with Gasteiger partial charge in [-0.2, -0.15) is 0 Å². The molecule has 1 aliphatic carbocycles. The molecule has 3 N–H and O–H groups in total. The van der Waals surface area contributed by atoms with Gasteiger partial charge in [0.05, 0.1) is 6.61 Å². The van der Waals surface area contributed by atoms with Crippen molar-refractivity contribution in [2.45, 2.75) is 38.6 Å². The standard InChI is InChI=1S/C15H31N3O/c1-2-13-3-4-14(12-16)15(11-13)18-7-5-17(6-8-18)9-10-19/h13-15,19H,2-12,16H2,1H3. The van der Waals surface area contributed by atoms with E-state index in [9.17, 15) is 0 Å². The van der Waals surface area contributed by atoms with Crippen LogP contribution >= 0.6 is 0 Å². The van der Waals surface area contributed by atoms with E-state index >= 15 is 0 Å². The van der Waals surface area contributed by atoms with Crippen LogP contribution in [0.1, 0.15) is 32.6 Å². The Bertz CT molecular complexity index is 254. The fraction of sp³-hybridized carbons (Fsp3) is 1.00. The summed E-state index contributed by atoms with van der Waals surface area (Å²) in [6.45, 7) is 8.79. The molecule has 0 aromatic heterocycles. The van der Waals surface area contributed by atoms with Crippen LogP contribution in [0.15, 0.2) is 0 Å². The zero-order chi connectivity index (χ0) is 13.7. The van der Waals surface area contributed by atoms with E-state index in [1.54, 1.807) is 0 Å². The Morgan fingerprint density at radius 3 is 2.47 bits per heavy atom. The number of aliphatic hydroxyl groups is 1. The largest absolute Gasteiger partial charge is 0.395 e. The Morgan fingerprint density at radius 1 is 1.16 bits per heavy atom. The SMILES string of the molecule is CCC1CCC(CN)C(N2CCN(CCO)CC2)C1. The van der Waals surface area contributed by atoms with Crippen molar-refractivity contribution in [2.75, 3.05) is 45.9 Å².